The van der Waals surface area contributed by atoms with Crippen LogP contribution in [-0.4, -0.2) is 10.9 Å². The molecule has 5 nitrogen and oxygen atoms in total. The van der Waals surface area contributed by atoms with Crippen LogP contribution in [-0.2, 0) is 6.42 Å². The molecule has 6 heteroatoms. The summed E-state index contributed by atoms with van der Waals surface area (Å²) in [4.78, 5) is 22.9. The van der Waals surface area contributed by atoms with Gasteiger partial charge in [0, 0.05) is 28.6 Å². The van der Waals surface area contributed by atoms with Gasteiger partial charge in [0.15, 0.2) is 0 Å². The number of hydrogen-bond acceptors (Lipinski definition) is 4. The summed E-state index contributed by atoms with van der Waals surface area (Å²) in [5.74, 6) is -0.172. The molecule has 0 aliphatic heterocycles. The molecule has 0 radical (unpaired) electrons. The van der Waals surface area contributed by atoms with E-state index in [1.54, 1.807) is 25.1 Å². The number of esters is 1. The van der Waals surface area contributed by atoms with Crippen molar-refractivity contribution in [3.05, 3.63) is 104 Å². The first kappa shape index (κ1) is 18.6. The van der Waals surface area contributed by atoms with E-state index in [0.717, 1.165) is 11.1 Å². The molecule has 0 bridgehead atoms. The molecule has 0 aliphatic carbocycles. The average Bonchev–Trinajstić information content (AvgIpc) is 2.64. The number of nitro groups is 1. The van der Waals surface area contributed by atoms with Crippen LogP contribution in [0.5, 0.6) is 5.75 Å². The number of aryl methyl sites for hydroxylation is 1. The maximum Gasteiger partial charge on any atom is 0.343 e. The van der Waals surface area contributed by atoms with Crippen molar-refractivity contribution in [3.8, 4) is 5.75 Å². The van der Waals surface area contributed by atoms with Crippen LogP contribution in [0.1, 0.15) is 27.0 Å². The number of benzene rings is 3. The standard InChI is InChI=1S/C21H16ClNO4/c1-14-11-16(7-9-19(14)23(25)26)21(24)27-20-10-8-18(22)13-17(20)12-15-5-3-2-4-6-15/h2-11,13H,12H2,1H3. The zero-order valence-corrected chi connectivity index (χ0v) is 15.3. The summed E-state index contributed by atoms with van der Waals surface area (Å²) in [6.45, 7) is 1.58. The molecule has 0 fully saturated rings. The number of ether oxygens (including phenoxy) is 1. The van der Waals surface area contributed by atoms with Crippen molar-refractivity contribution >= 4 is 23.3 Å². The predicted molar refractivity (Wildman–Crippen MR) is 103 cm³/mol. The largest absolute Gasteiger partial charge is 0.423 e. The summed E-state index contributed by atoms with van der Waals surface area (Å²) in [6, 6.07) is 19.0. The van der Waals surface area contributed by atoms with Gasteiger partial charge in [-0.25, -0.2) is 4.79 Å². The summed E-state index contributed by atoms with van der Waals surface area (Å²) in [5.41, 5.74) is 2.44. The number of rotatable bonds is 5. The van der Waals surface area contributed by atoms with Crippen molar-refractivity contribution in [2.75, 3.05) is 0 Å². The van der Waals surface area contributed by atoms with Gasteiger partial charge in [0.1, 0.15) is 5.75 Å². The van der Waals surface area contributed by atoms with E-state index in [1.165, 1.54) is 18.2 Å². The smallest absolute Gasteiger partial charge is 0.343 e. The summed E-state index contributed by atoms with van der Waals surface area (Å²) in [5, 5.41) is 11.5. The van der Waals surface area contributed by atoms with E-state index in [-0.39, 0.29) is 11.3 Å². The van der Waals surface area contributed by atoms with E-state index >= 15 is 0 Å². The minimum Gasteiger partial charge on any atom is -0.423 e. The number of halogens is 1. The Balaban J connectivity index is 1.86. The number of nitrogens with zero attached hydrogens (tertiary/aromatic N) is 1. The zero-order valence-electron chi connectivity index (χ0n) is 14.5. The van der Waals surface area contributed by atoms with Crippen LogP contribution in [0.25, 0.3) is 0 Å². The molecule has 0 heterocycles. The molecule has 0 aliphatic rings. The minimum absolute atomic E-state index is 0.0391. The van der Waals surface area contributed by atoms with Crippen molar-refractivity contribution in [2.24, 2.45) is 0 Å². The lowest BCUT2D eigenvalue weighted by Gasteiger charge is -2.11. The molecule has 3 aromatic rings. The molecule has 0 spiro atoms. The Hall–Kier alpha value is -3.18. The van der Waals surface area contributed by atoms with E-state index in [2.05, 4.69) is 0 Å². The monoisotopic (exact) mass is 381 g/mol. The number of nitro benzene ring substituents is 1. The van der Waals surface area contributed by atoms with Crippen molar-refractivity contribution in [1.29, 1.82) is 0 Å². The third-order valence-electron chi connectivity index (χ3n) is 4.09. The third-order valence-corrected chi connectivity index (χ3v) is 4.33. The highest BCUT2D eigenvalue weighted by Crippen LogP contribution is 2.27. The number of carbonyl (C=O) groups is 1. The van der Waals surface area contributed by atoms with Gasteiger partial charge in [0.05, 0.1) is 10.5 Å². The van der Waals surface area contributed by atoms with Gasteiger partial charge in [-0.1, -0.05) is 41.9 Å². The number of carbonyl (C=O) groups excluding carboxylic acids is 1. The Labute approximate surface area is 161 Å². The van der Waals surface area contributed by atoms with Crippen LogP contribution in [0.2, 0.25) is 5.02 Å². The van der Waals surface area contributed by atoms with Crippen molar-refractivity contribution in [1.82, 2.24) is 0 Å². The lowest BCUT2D eigenvalue weighted by atomic mass is 10.0. The van der Waals surface area contributed by atoms with Crippen LogP contribution < -0.4 is 4.74 Å². The van der Waals surface area contributed by atoms with Crippen LogP contribution in [0.3, 0.4) is 0 Å². The fourth-order valence-electron chi connectivity index (χ4n) is 2.75. The first-order valence-corrected chi connectivity index (χ1v) is 8.61. The Kier molecular flexibility index (Phi) is 5.52. The van der Waals surface area contributed by atoms with Gasteiger partial charge in [0.25, 0.3) is 5.69 Å². The predicted octanol–water partition coefficient (Wildman–Crippen LogP) is 5.37. The molecule has 0 aromatic heterocycles. The van der Waals surface area contributed by atoms with Gasteiger partial charge in [-0.2, -0.15) is 0 Å². The zero-order chi connectivity index (χ0) is 19.4. The maximum atomic E-state index is 12.5. The Morgan fingerprint density at radius 1 is 1.07 bits per heavy atom. The molecule has 0 unspecified atom stereocenters. The lowest BCUT2D eigenvalue weighted by molar-refractivity contribution is -0.385. The first-order chi connectivity index (χ1) is 12.9. The lowest BCUT2D eigenvalue weighted by Crippen LogP contribution is -2.10. The van der Waals surface area contributed by atoms with E-state index < -0.39 is 10.9 Å². The Morgan fingerprint density at radius 2 is 1.81 bits per heavy atom. The fourth-order valence-corrected chi connectivity index (χ4v) is 2.94. The molecule has 3 rings (SSSR count). The van der Waals surface area contributed by atoms with E-state index in [9.17, 15) is 14.9 Å². The first-order valence-electron chi connectivity index (χ1n) is 8.23. The van der Waals surface area contributed by atoms with E-state index in [0.29, 0.717) is 22.8 Å². The molecule has 136 valence electrons. The van der Waals surface area contributed by atoms with Crippen LogP contribution in [0.15, 0.2) is 66.7 Å². The second-order valence-electron chi connectivity index (χ2n) is 6.06. The Morgan fingerprint density at radius 3 is 2.48 bits per heavy atom. The minimum atomic E-state index is -0.579. The molecule has 0 saturated carbocycles. The summed E-state index contributed by atoms with van der Waals surface area (Å²) >= 11 is 6.10. The molecular weight excluding hydrogens is 366 g/mol. The third kappa shape index (κ3) is 4.51. The van der Waals surface area contributed by atoms with Crippen molar-refractivity contribution in [3.63, 3.8) is 0 Å². The molecule has 0 amide bonds. The van der Waals surface area contributed by atoms with Gasteiger partial charge in [-0.05, 0) is 42.8 Å². The highest BCUT2D eigenvalue weighted by atomic mass is 35.5. The van der Waals surface area contributed by atoms with Gasteiger partial charge in [-0.15, -0.1) is 0 Å². The molecule has 0 saturated heterocycles. The molecule has 0 atom stereocenters. The van der Waals surface area contributed by atoms with Gasteiger partial charge in [-0.3, -0.25) is 10.1 Å². The highest BCUT2D eigenvalue weighted by molar-refractivity contribution is 6.30. The van der Waals surface area contributed by atoms with Crippen LogP contribution in [0.4, 0.5) is 5.69 Å². The molecular formula is C21H16ClNO4. The van der Waals surface area contributed by atoms with Gasteiger partial charge < -0.3 is 4.74 Å². The second kappa shape index (κ2) is 8.01. The maximum absolute atomic E-state index is 12.5. The average molecular weight is 382 g/mol. The second-order valence-corrected chi connectivity index (χ2v) is 6.50. The number of hydrogen-bond donors (Lipinski definition) is 0. The normalized spacial score (nSPS) is 10.4. The summed E-state index contributed by atoms with van der Waals surface area (Å²) in [7, 11) is 0. The Bertz CT molecular complexity index is 1000. The molecule has 3 aromatic carbocycles. The van der Waals surface area contributed by atoms with Gasteiger partial charge in [0.2, 0.25) is 0 Å². The quantitative estimate of drug-likeness (QED) is 0.258. The SMILES string of the molecule is Cc1cc(C(=O)Oc2ccc(Cl)cc2Cc2ccccc2)ccc1[N+](=O)[O-]. The molecule has 27 heavy (non-hydrogen) atoms. The topological polar surface area (TPSA) is 69.4 Å². The van der Waals surface area contributed by atoms with Gasteiger partial charge >= 0.3 is 5.97 Å². The summed E-state index contributed by atoms with van der Waals surface area (Å²) < 4.78 is 5.55. The van der Waals surface area contributed by atoms with E-state index in [4.69, 9.17) is 16.3 Å². The fraction of sp³-hybridized carbons (Fsp3) is 0.0952. The van der Waals surface area contributed by atoms with Crippen molar-refractivity contribution < 1.29 is 14.5 Å². The van der Waals surface area contributed by atoms with E-state index in [1.807, 2.05) is 30.3 Å². The van der Waals surface area contributed by atoms with Crippen LogP contribution in [0, 0.1) is 17.0 Å². The van der Waals surface area contributed by atoms with Crippen LogP contribution >= 0.6 is 11.6 Å². The highest BCUT2D eigenvalue weighted by Gasteiger charge is 2.17. The van der Waals surface area contributed by atoms with Crippen molar-refractivity contribution in [2.45, 2.75) is 13.3 Å². The summed E-state index contributed by atoms with van der Waals surface area (Å²) in [6.07, 6.45) is 0.559. The molecule has 0 N–H and O–H groups in total.